The van der Waals surface area contributed by atoms with Crippen LogP contribution >= 0.6 is 27.5 Å². The van der Waals surface area contributed by atoms with Gasteiger partial charge < -0.3 is 20.1 Å². The smallest absolute Gasteiger partial charge is 0.349 e. The highest BCUT2D eigenvalue weighted by atomic mass is 79.9. The molecule has 0 saturated carbocycles. The molecule has 214 valence electrons. The van der Waals surface area contributed by atoms with Crippen LogP contribution in [-0.2, 0) is 24.5 Å². The molecule has 2 amide bonds. The second kappa shape index (κ2) is 10.8. The average Bonchev–Trinajstić information content (AvgIpc) is 3.18. The molecule has 10 heteroatoms. The molecule has 0 aliphatic carbocycles. The zero-order valence-electron chi connectivity index (χ0n) is 22.9. The summed E-state index contributed by atoms with van der Waals surface area (Å²) >= 11 is 9.84. The topological polar surface area (TPSA) is 93.7 Å². The maximum absolute atomic E-state index is 14.7. The molecule has 2 aliphatic heterocycles. The monoisotopic (exact) mass is 642 g/mol. The number of aryl methyl sites for hydroxylation is 1. The van der Waals surface area contributed by atoms with Crippen molar-refractivity contribution in [3.63, 3.8) is 0 Å². The third-order valence-electron chi connectivity index (χ3n) is 7.78. The first-order valence-corrected chi connectivity index (χ1v) is 14.4. The molecule has 41 heavy (non-hydrogen) atoms. The van der Waals surface area contributed by atoms with Gasteiger partial charge in [0.15, 0.2) is 5.60 Å². The van der Waals surface area contributed by atoms with E-state index in [0.717, 1.165) is 0 Å². The minimum Gasteiger partial charge on any atom is -0.476 e. The predicted molar refractivity (Wildman–Crippen MR) is 157 cm³/mol. The fourth-order valence-electron chi connectivity index (χ4n) is 5.95. The number of fused-ring (bicyclic) bond motifs is 2. The van der Waals surface area contributed by atoms with Crippen LogP contribution in [0.2, 0.25) is 5.02 Å². The van der Waals surface area contributed by atoms with Crippen LogP contribution in [0.1, 0.15) is 61.4 Å². The Bertz CT molecular complexity index is 1580. The van der Waals surface area contributed by atoms with Crippen LogP contribution in [-0.4, -0.2) is 30.0 Å². The lowest BCUT2D eigenvalue weighted by atomic mass is 9.59. The van der Waals surface area contributed by atoms with Gasteiger partial charge in [-0.25, -0.2) is 9.18 Å². The highest BCUT2D eigenvalue weighted by Crippen LogP contribution is 2.59. The van der Waals surface area contributed by atoms with Gasteiger partial charge in [-0.15, -0.1) is 0 Å². The van der Waals surface area contributed by atoms with Gasteiger partial charge in [-0.3, -0.25) is 9.59 Å². The van der Waals surface area contributed by atoms with E-state index in [1.54, 1.807) is 63.2 Å². The van der Waals surface area contributed by atoms with Crippen LogP contribution < -0.4 is 15.4 Å². The Hall–Kier alpha value is -3.43. The molecule has 3 aromatic carbocycles. The zero-order valence-corrected chi connectivity index (χ0v) is 25.3. The lowest BCUT2D eigenvalue weighted by Crippen LogP contribution is -2.57. The van der Waals surface area contributed by atoms with Crippen molar-refractivity contribution in [2.75, 3.05) is 11.9 Å². The summed E-state index contributed by atoms with van der Waals surface area (Å²) in [6.45, 7) is 6.89. The summed E-state index contributed by atoms with van der Waals surface area (Å²) in [6, 6.07) is 13.7. The molecule has 3 atom stereocenters. The van der Waals surface area contributed by atoms with Gasteiger partial charge >= 0.3 is 5.97 Å². The van der Waals surface area contributed by atoms with Crippen LogP contribution in [0.4, 0.5) is 10.1 Å². The number of nitrogens with one attached hydrogen (secondary N) is 2. The number of hydrogen-bond acceptors (Lipinski definition) is 5. The molecule has 2 N–H and O–H groups in total. The summed E-state index contributed by atoms with van der Waals surface area (Å²) in [6.07, 6.45) is -0.0764. The van der Waals surface area contributed by atoms with Gasteiger partial charge in [0.2, 0.25) is 11.8 Å². The van der Waals surface area contributed by atoms with E-state index in [9.17, 15) is 18.8 Å². The SMILES string of the molecule is CCOC(=O)C(C)(C)Oc1ccc(Br)cc1C1CC(=O)NC(c2cc(F)ccc2C)C12C(=O)Nc1cc(Cl)ccc12. The van der Waals surface area contributed by atoms with Crippen molar-refractivity contribution in [2.24, 2.45) is 0 Å². The van der Waals surface area contributed by atoms with Crippen molar-refractivity contribution in [3.05, 3.63) is 92.2 Å². The number of benzene rings is 3. The number of carbonyl (C=O) groups is 3. The molecule has 2 heterocycles. The maximum Gasteiger partial charge on any atom is 0.349 e. The largest absolute Gasteiger partial charge is 0.476 e. The number of hydrogen-bond donors (Lipinski definition) is 2. The number of amides is 2. The molecule has 7 nitrogen and oxygen atoms in total. The molecule has 5 rings (SSSR count). The summed E-state index contributed by atoms with van der Waals surface area (Å²) in [5.41, 5.74) is 0.0485. The van der Waals surface area contributed by atoms with Gasteiger partial charge in [0.25, 0.3) is 0 Å². The third kappa shape index (κ3) is 4.99. The standard InChI is InChI=1S/C31H29BrClFN2O5/c1-5-40-29(39)30(3,4)41-25-11-7-17(32)12-21(25)23-15-26(37)36-27(20-14-19(34)9-6-16(20)2)31(23)22-10-8-18(33)13-24(22)35-28(31)38/h6-14,23,27H,5,15H2,1-4H3,(H,35,38)(H,36,37). The van der Waals surface area contributed by atoms with E-state index < -0.39 is 34.8 Å². The van der Waals surface area contributed by atoms with Gasteiger partial charge in [0.05, 0.1) is 12.6 Å². The van der Waals surface area contributed by atoms with Gasteiger partial charge in [-0.1, -0.05) is 39.7 Å². The molecule has 0 aromatic heterocycles. The lowest BCUT2D eigenvalue weighted by Gasteiger charge is -2.47. The summed E-state index contributed by atoms with van der Waals surface area (Å²) in [7, 11) is 0. The molecular weight excluding hydrogens is 615 g/mol. The molecule has 1 fully saturated rings. The van der Waals surface area contributed by atoms with E-state index in [1.165, 1.54) is 12.1 Å². The minimum absolute atomic E-state index is 0.0764. The van der Waals surface area contributed by atoms with Gasteiger partial charge in [-0.2, -0.15) is 0 Å². The Morgan fingerprint density at radius 1 is 1.12 bits per heavy atom. The Morgan fingerprint density at radius 3 is 2.61 bits per heavy atom. The van der Waals surface area contributed by atoms with E-state index in [1.807, 2.05) is 6.92 Å². The molecule has 2 aliphatic rings. The maximum atomic E-state index is 14.7. The molecular formula is C31H29BrClFN2O5. The number of esters is 1. The summed E-state index contributed by atoms with van der Waals surface area (Å²) in [5, 5.41) is 6.41. The Kier molecular flexibility index (Phi) is 7.63. The Balaban J connectivity index is 1.78. The third-order valence-corrected chi connectivity index (χ3v) is 8.51. The first-order chi connectivity index (χ1) is 19.4. The van der Waals surface area contributed by atoms with Crippen molar-refractivity contribution >= 4 is 51.0 Å². The Morgan fingerprint density at radius 2 is 1.88 bits per heavy atom. The summed E-state index contributed by atoms with van der Waals surface area (Å²) in [5.74, 6) is -2.21. The summed E-state index contributed by atoms with van der Waals surface area (Å²) in [4.78, 5) is 40.5. The van der Waals surface area contributed by atoms with Crippen LogP contribution in [0.25, 0.3) is 0 Å². The minimum atomic E-state index is -1.42. The van der Waals surface area contributed by atoms with E-state index >= 15 is 0 Å². The molecule has 1 saturated heterocycles. The predicted octanol–water partition coefficient (Wildman–Crippen LogP) is 6.51. The number of rotatable bonds is 6. The molecule has 0 bridgehead atoms. The number of halogens is 3. The van der Waals surface area contributed by atoms with Crippen molar-refractivity contribution < 1.29 is 28.2 Å². The van der Waals surface area contributed by atoms with Gasteiger partial charge in [0, 0.05) is 33.1 Å². The number of anilines is 1. The fourth-order valence-corrected chi connectivity index (χ4v) is 6.50. The molecule has 0 radical (unpaired) electrons. The molecule has 1 spiro atoms. The van der Waals surface area contributed by atoms with Gasteiger partial charge in [-0.05, 0) is 86.8 Å². The van der Waals surface area contributed by atoms with Gasteiger partial charge in [0.1, 0.15) is 17.0 Å². The second-order valence-corrected chi connectivity index (χ2v) is 12.1. The number of piperidine rings is 1. The highest BCUT2D eigenvalue weighted by molar-refractivity contribution is 9.10. The van der Waals surface area contributed by atoms with E-state index in [2.05, 4.69) is 26.6 Å². The Labute approximate surface area is 250 Å². The second-order valence-electron chi connectivity index (χ2n) is 10.8. The highest BCUT2D eigenvalue weighted by Gasteiger charge is 2.62. The van der Waals surface area contributed by atoms with Crippen LogP contribution in [0, 0.1) is 12.7 Å². The first-order valence-electron chi connectivity index (χ1n) is 13.2. The van der Waals surface area contributed by atoms with E-state index in [4.69, 9.17) is 21.1 Å². The van der Waals surface area contributed by atoms with Crippen molar-refractivity contribution in [3.8, 4) is 5.75 Å². The van der Waals surface area contributed by atoms with E-state index in [0.29, 0.717) is 43.2 Å². The molecule has 3 aromatic rings. The van der Waals surface area contributed by atoms with Crippen molar-refractivity contribution in [1.82, 2.24) is 5.32 Å². The van der Waals surface area contributed by atoms with E-state index in [-0.39, 0.29) is 24.8 Å². The normalized spacial score (nSPS) is 21.7. The van der Waals surface area contributed by atoms with Crippen molar-refractivity contribution in [1.29, 1.82) is 0 Å². The first kappa shape index (κ1) is 29.1. The molecule has 3 unspecified atom stereocenters. The van der Waals surface area contributed by atoms with Crippen LogP contribution in [0.15, 0.2) is 59.1 Å². The quantitative estimate of drug-likeness (QED) is 0.299. The van der Waals surface area contributed by atoms with Crippen molar-refractivity contribution in [2.45, 2.75) is 57.1 Å². The zero-order chi connectivity index (χ0) is 29.7. The fraction of sp³-hybridized carbons (Fsp3) is 0.323. The summed E-state index contributed by atoms with van der Waals surface area (Å²) < 4.78 is 26.9. The van der Waals surface area contributed by atoms with Crippen LogP contribution in [0.3, 0.4) is 0 Å². The average molecular weight is 644 g/mol. The van der Waals surface area contributed by atoms with Crippen LogP contribution in [0.5, 0.6) is 5.75 Å². The lowest BCUT2D eigenvalue weighted by molar-refractivity contribution is -0.158. The number of carbonyl (C=O) groups excluding carboxylic acids is 3. The number of ether oxygens (including phenoxy) is 2.